The maximum absolute atomic E-state index is 6.38. The average molecular weight is 272 g/mol. The molecular formula is C16H20N2O2. The SMILES string of the molecule is COc1cnccc1C(N)c1ccccc1OC(C)C. The van der Waals surface area contributed by atoms with Crippen LogP contribution in [-0.2, 0) is 0 Å². The van der Waals surface area contributed by atoms with Crippen LogP contribution in [-0.4, -0.2) is 18.2 Å². The fourth-order valence-electron chi connectivity index (χ4n) is 2.08. The van der Waals surface area contributed by atoms with Crippen molar-refractivity contribution in [2.24, 2.45) is 5.73 Å². The number of rotatable bonds is 5. The lowest BCUT2D eigenvalue weighted by molar-refractivity contribution is 0.239. The van der Waals surface area contributed by atoms with Crippen molar-refractivity contribution in [2.75, 3.05) is 7.11 Å². The number of nitrogens with two attached hydrogens (primary N) is 1. The minimum atomic E-state index is -0.317. The van der Waals surface area contributed by atoms with Crippen molar-refractivity contribution in [1.29, 1.82) is 0 Å². The van der Waals surface area contributed by atoms with E-state index < -0.39 is 0 Å². The molecule has 1 aromatic heterocycles. The molecule has 0 saturated carbocycles. The molecule has 2 rings (SSSR count). The number of pyridine rings is 1. The van der Waals surface area contributed by atoms with E-state index in [1.54, 1.807) is 19.5 Å². The van der Waals surface area contributed by atoms with Gasteiger partial charge in [0.1, 0.15) is 11.5 Å². The fourth-order valence-corrected chi connectivity index (χ4v) is 2.08. The van der Waals surface area contributed by atoms with E-state index in [0.29, 0.717) is 5.75 Å². The van der Waals surface area contributed by atoms with Crippen LogP contribution in [0.4, 0.5) is 0 Å². The van der Waals surface area contributed by atoms with Gasteiger partial charge in [-0.3, -0.25) is 4.98 Å². The van der Waals surface area contributed by atoms with Gasteiger partial charge < -0.3 is 15.2 Å². The van der Waals surface area contributed by atoms with Gasteiger partial charge in [-0.2, -0.15) is 0 Å². The monoisotopic (exact) mass is 272 g/mol. The molecule has 1 aromatic carbocycles. The number of aromatic nitrogens is 1. The van der Waals surface area contributed by atoms with Crippen LogP contribution < -0.4 is 15.2 Å². The Bertz CT molecular complexity index is 570. The summed E-state index contributed by atoms with van der Waals surface area (Å²) in [6, 6.07) is 9.36. The van der Waals surface area contributed by atoms with Gasteiger partial charge in [0.25, 0.3) is 0 Å². The summed E-state index contributed by atoms with van der Waals surface area (Å²) in [6.07, 6.45) is 3.48. The molecular weight excluding hydrogens is 252 g/mol. The molecule has 0 aliphatic heterocycles. The summed E-state index contributed by atoms with van der Waals surface area (Å²) >= 11 is 0. The van der Waals surface area contributed by atoms with Crippen molar-refractivity contribution in [3.63, 3.8) is 0 Å². The summed E-state index contributed by atoms with van der Waals surface area (Å²) in [5.74, 6) is 1.48. The van der Waals surface area contributed by atoms with Gasteiger partial charge in [0.15, 0.2) is 0 Å². The first kappa shape index (κ1) is 14.3. The zero-order chi connectivity index (χ0) is 14.5. The first-order valence-corrected chi connectivity index (χ1v) is 6.62. The smallest absolute Gasteiger partial charge is 0.142 e. The van der Waals surface area contributed by atoms with E-state index in [1.807, 2.05) is 44.2 Å². The van der Waals surface area contributed by atoms with Crippen LogP contribution in [0.5, 0.6) is 11.5 Å². The van der Waals surface area contributed by atoms with E-state index >= 15 is 0 Å². The Hall–Kier alpha value is -2.07. The summed E-state index contributed by atoms with van der Waals surface area (Å²) in [7, 11) is 1.61. The zero-order valence-corrected chi connectivity index (χ0v) is 12.0. The zero-order valence-electron chi connectivity index (χ0n) is 12.0. The number of nitrogens with zero attached hydrogens (tertiary/aromatic N) is 1. The lowest BCUT2D eigenvalue weighted by Crippen LogP contribution is -2.16. The quantitative estimate of drug-likeness (QED) is 0.909. The molecule has 0 fully saturated rings. The van der Waals surface area contributed by atoms with Crippen molar-refractivity contribution < 1.29 is 9.47 Å². The average Bonchev–Trinajstić information content (AvgIpc) is 2.46. The van der Waals surface area contributed by atoms with Crippen molar-refractivity contribution in [1.82, 2.24) is 4.98 Å². The fraction of sp³-hybridized carbons (Fsp3) is 0.312. The van der Waals surface area contributed by atoms with Crippen LogP contribution in [0, 0.1) is 0 Å². The van der Waals surface area contributed by atoms with Gasteiger partial charge in [0, 0.05) is 17.3 Å². The summed E-state index contributed by atoms with van der Waals surface area (Å²) in [5.41, 5.74) is 8.21. The molecule has 0 aliphatic carbocycles. The molecule has 0 radical (unpaired) electrons. The predicted molar refractivity (Wildman–Crippen MR) is 79.0 cm³/mol. The highest BCUT2D eigenvalue weighted by atomic mass is 16.5. The van der Waals surface area contributed by atoms with Crippen molar-refractivity contribution >= 4 is 0 Å². The summed E-state index contributed by atoms with van der Waals surface area (Å²) < 4.78 is 11.2. The molecule has 106 valence electrons. The van der Waals surface area contributed by atoms with Crippen LogP contribution in [0.25, 0.3) is 0 Å². The molecule has 0 amide bonds. The minimum absolute atomic E-state index is 0.0997. The maximum atomic E-state index is 6.38. The third-order valence-electron chi connectivity index (χ3n) is 2.99. The van der Waals surface area contributed by atoms with E-state index in [0.717, 1.165) is 16.9 Å². The Kier molecular flexibility index (Phi) is 4.58. The standard InChI is InChI=1S/C16H20N2O2/c1-11(2)20-14-7-5-4-6-12(14)16(17)13-8-9-18-10-15(13)19-3/h4-11,16H,17H2,1-3H3. The molecule has 0 spiro atoms. The molecule has 4 heteroatoms. The predicted octanol–water partition coefficient (Wildman–Crippen LogP) is 2.93. The lowest BCUT2D eigenvalue weighted by Gasteiger charge is -2.20. The van der Waals surface area contributed by atoms with Crippen LogP contribution in [0.3, 0.4) is 0 Å². The second-order valence-electron chi connectivity index (χ2n) is 4.80. The molecule has 1 heterocycles. The Morgan fingerprint density at radius 3 is 2.45 bits per heavy atom. The largest absolute Gasteiger partial charge is 0.495 e. The molecule has 1 atom stereocenters. The number of benzene rings is 1. The highest BCUT2D eigenvalue weighted by Crippen LogP contribution is 2.32. The normalized spacial score (nSPS) is 12.2. The van der Waals surface area contributed by atoms with E-state index in [2.05, 4.69) is 4.98 Å². The lowest BCUT2D eigenvalue weighted by atomic mass is 9.99. The van der Waals surface area contributed by atoms with Crippen molar-refractivity contribution in [2.45, 2.75) is 26.0 Å². The second kappa shape index (κ2) is 6.39. The van der Waals surface area contributed by atoms with E-state index in [9.17, 15) is 0 Å². The van der Waals surface area contributed by atoms with Crippen molar-refractivity contribution in [3.8, 4) is 11.5 Å². The number of hydrogen-bond donors (Lipinski definition) is 1. The molecule has 20 heavy (non-hydrogen) atoms. The minimum Gasteiger partial charge on any atom is -0.495 e. The number of hydrogen-bond acceptors (Lipinski definition) is 4. The molecule has 2 N–H and O–H groups in total. The van der Waals surface area contributed by atoms with Crippen LogP contribution in [0.15, 0.2) is 42.7 Å². The van der Waals surface area contributed by atoms with E-state index in [4.69, 9.17) is 15.2 Å². The molecule has 4 nitrogen and oxygen atoms in total. The van der Waals surface area contributed by atoms with Gasteiger partial charge in [-0.05, 0) is 26.0 Å². The van der Waals surface area contributed by atoms with Gasteiger partial charge >= 0.3 is 0 Å². The van der Waals surface area contributed by atoms with Gasteiger partial charge in [-0.25, -0.2) is 0 Å². The van der Waals surface area contributed by atoms with Crippen molar-refractivity contribution in [3.05, 3.63) is 53.9 Å². The van der Waals surface area contributed by atoms with Gasteiger partial charge in [0.05, 0.1) is 25.5 Å². The third-order valence-corrected chi connectivity index (χ3v) is 2.99. The van der Waals surface area contributed by atoms with Gasteiger partial charge in [-0.15, -0.1) is 0 Å². The highest BCUT2D eigenvalue weighted by molar-refractivity contribution is 5.45. The Morgan fingerprint density at radius 1 is 1.05 bits per heavy atom. The first-order chi connectivity index (χ1) is 9.63. The Balaban J connectivity index is 2.40. The number of methoxy groups -OCH3 is 1. The summed E-state index contributed by atoms with van der Waals surface area (Å²) in [5, 5.41) is 0. The maximum Gasteiger partial charge on any atom is 0.142 e. The number of ether oxygens (including phenoxy) is 2. The molecule has 0 aliphatic rings. The van der Waals surface area contributed by atoms with E-state index in [-0.39, 0.29) is 12.1 Å². The molecule has 2 aromatic rings. The van der Waals surface area contributed by atoms with Crippen LogP contribution in [0.2, 0.25) is 0 Å². The first-order valence-electron chi connectivity index (χ1n) is 6.62. The van der Waals surface area contributed by atoms with Gasteiger partial charge in [0.2, 0.25) is 0 Å². The second-order valence-corrected chi connectivity index (χ2v) is 4.80. The number of para-hydroxylation sites is 1. The summed E-state index contributed by atoms with van der Waals surface area (Å²) in [4.78, 5) is 4.05. The van der Waals surface area contributed by atoms with Gasteiger partial charge in [-0.1, -0.05) is 18.2 Å². The molecule has 0 saturated heterocycles. The topological polar surface area (TPSA) is 57.4 Å². The Morgan fingerprint density at radius 2 is 1.75 bits per heavy atom. The Labute approximate surface area is 119 Å². The van der Waals surface area contributed by atoms with E-state index in [1.165, 1.54) is 0 Å². The highest BCUT2D eigenvalue weighted by Gasteiger charge is 2.18. The third kappa shape index (κ3) is 3.08. The van der Waals surface area contributed by atoms with Crippen LogP contribution >= 0.6 is 0 Å². The summed E-state index contributed by atoms with van der Waals surface area (Å²) in [6.45, 7) is 3.99. The molecule has 1 unspecified atom stereocenters. The molecule has 0 bridgehead atoms. The van der Waals surface area contributed by atoms with Crippen LogP contribution in [0.1, 0.15) is 31.0 Å².